The van der Waals surface area contributed by atoms with E-state index >= 15 is 0 Å². The number of benzene rings is 2. The smallest absolute Gasteiger partial charge is 0.195 e. The second-order valence-corrected chi connectivity index (χ2v) is 7.28. The molecular formula is C22H20N2O2S. The Morgan fingerprint density at radius 1 is 1.07 bits per heavy atom. The molecule has 0 N–H and O–H groups in total. The largest absolute Gasteiger partial charge is 0.494 e. The van der Waals surface area contributed by atoms with Crippen LogP contribution in [0, 0.1) is 6.92 Å². The van der Waals surface area contributed by atoms with Crippen molar-refractivity contribution >= 4 is 22.6 Å². The zero-order valence-electron chi connectivity index (χ0n) is 15.3. The molecule has 0 spiro atoms. The average molecular weight is 376 g/mol. The first-order valence-electron chi connectivity index (χ1n) is 8.96. The maximum absolute atomic E-state index is 11.9. The van der Waals surface area contributed by atoms with Crippen LogP contribution in [0.25, 0.3) is 27.5 Å². The SMILES string of the molecule is CCCOc1ccc(-c2csc3nc(-c4ccc(C)cc4)c(C=O)n23)cc1. The zero-order valence-corrected chi connectivity index (χ0v) is 16.1. The van der Waals surface area contributed by atoms with Crippen LogP contribution in [-0.4, -0.2) is 22.3 Å². The summed E-state index contributed by atoms with van der Waals surface area (Å²) in [5.74, 6) is 0.855. The third kappa shape index (κ3) is 3.26. The highest BCUT2D eigenvalue weighted by Gasteiger charge is 2.18. The van der Waals surface area contributed by atoms with Gasteiger partial charge in [0, 0.05) is 10.9 Å². The summed E-state index contributed by atoms with van der Waals surface area (Å²) in [6, 6.07) is 16.1. The molecule has 27 heavy (non-hydrogen) atoms. The Balaban J connectivity index is 1.78. The molecule has 0 aliphatic carbocycles. The van der Waals surface area contributed by atoms with Crippen LogP contribution < -0.4 is 4.74 Å². The van der Waals surface area contributed by atoms with Crippen molar-refractivity contribution in [1.29, 1.82) is 0 Å². The number of hydrogen-bond acceptors (Lipinski definition) is 4. The van der Waals surface area contributed by atoms with Crippen LogP contribution in [0.5, 0.6) is 5.75 Å². The molecule has 0 bridgehead atoms. The average Bonchev–Trinajstić information content (AvgIpc) is 3.26. The molecule has 5 heteroatoms. The molecule has 4 rings (SSSR count). The highest BCUT2D eigenvalue weighted by atomic mass is 32.1. The minimum absolute atomic E-state index is 0.580. The number of fused-ring (bicyclic) bond motifs is 1. The molecule has 0 atom stereocenters. The van der Waals surface area contributed by atoms with E-state index in [2.05, 4.69) is 6.92 Å². The van der Waals surface area contributed by atoms with Gasteiger partial charge in [-0.3, -0.25) is 9.20 Å². The van der Waals surface area contributed by atoms with Gasteiger partial charge in [-0.2, -0.15) is 0 Å². The van der Waals surface area contributed by atoms with Gasteiger partial charge in [0.15, 0.2) is 11.2 Å². The van der Waals surface area contributed by atoms with Gasteiger partial charge in [0.2, 0.25) is 0 Å². The van der Waals surface area contributed by atoms with Crippen molar-refractivity contribution in [1.82, 2.24) is 9.38 Å². The topological polar surface area (TPSA) is 43.6 Å². The Kier molecular flexibility index (Phi) is 4.77. The van der Waals surface area contributed by atoms with E-state index in [9.17, 15) is 4.79 Å². The van der Waals surface area contributed by atoms with Gasteiger partial charge in [-0.15, -0.1) is 11.3 Å². The maximum Gasteiger partial charge on any atom is 0.195 e. The van der Waals surface area contributed by atoms with E-state index in [1.807, 2.05) is 65.2 Å². The van der Waals surface area contributed by atoms with Gasteiger partial charge in [-0.25, -0.2) is 4.98 Å². The molecule has 4 aromatic rings. The summed E-state index contributed by atoms with van der Waals surface area (Å²) in [4.78, 5) is 17.4. The number of ether oxygens (including phenoxy) is 1. The molecule has 0 aliphatic rings. The number of carbonyl (C=O) groups excluding carboxylic acids is 1. The fourth-order valence-corrected chi connectivity index (χ4v) is 3.96. The van der Waals surface area contributed by atoms with Gasteiger partial charge >= 0.3 is 0 Å². The number of aldehydes is 1. The van der Waals surface area contributed by atoms with Crippen LogP contribution >= 0.6 is 11.3 Å². The van der Waals surface area contributed by atoms with E-state index in [0.717, 1.165) is 45.9 Å². The van der Waals surface area contributed by atoms with E-state index in [4.69, 9.17) is 9.72 Å². The molecule has 0 amide bonds. The summed E-state index contributed by atoms with van der Waals surface area (Å²) in [6.45, 7) is 4.84. The Labute approximate surface area is 162 Å². The highest BCUT2D eigenvalue weighted by molar-refractivity contribution is 7.15. The van der Waals surface area contributed by atoms with Gasteiger partial charge in [-0.05, 0) is 43.2 Å². The number of rotatable bonds is 6. The Bertz CT molecular complexity index is 1080. The highest BCUT2D eigenvalue weighted by Crippen LogP contribution is 2.33. The van der Waals surface area contributed by atoms with Gasteiger partial charge in [0.25, 0.3) is 0 Å². The molecule has 0 fully saturated rings. The van der Waals surface area contributed by atoms with Crippen molar-refractivity contribution in [2.45, 2.75) is 20.3 Å². The van der Waals surface area contributed by atoms with Crippen LogP contribution in [0.2, 0.25) is 0 Å². The summed E-state index contributed by atoms with van der Waals surface area (Å²) >= 11 is 1.54. The van der Waals surface area contributed by atoms with Crippen LogP contribution in [0.3, 0.4) is 0 Å². The van der Waals surface area contributed by atoms with Gasteiger partial charge in [0.05, 0.1) is 12.3 Å². The first-order valence-corrected chi connectivity index (χ1v) is 9.84. The maximum atomic E-state index is 11.9. The van der Waals surface area contributed by atoms with Crippen LogP contribution in [0.1, 0.15) is 29.4 Å². The molecule has 4 nitrogen and oxygen atoms in total. The number of hydrogen-bond donors (Lipinski definition) is 0. The van der Waals surface area contributed by atoms with Crippen LogP contribution in [0.4, 0.5) is 0 Å². The van der Waals surface area contributed by atoms with Crippen LogP contribution in [-0.2, 0) is 0 Å². The number of nitrogens with zero attached hydrogens (tertiary/aromatic N) is 2. The molecule has 0 aliphatic heterocycles. The summed E-state index contributed by atoms with van der Waals surface area (Å²) in [5.41, 5.74) is 5.43. The fraction of sp³-hybridized carbons (Fsp3) is 0.182. The number of imidazole rings is 1. The lowest BCUT2D eigenvalue weighted by atomic mass is 10.1. The molecule has 136 valence electrons. The summed E-state index contributed by atoms with van der Waals surface area (Å²) in [6.07, 6.45) is 1.87. The lowest BCUT2D eigenvalue weighted by Crippen LogP contribution is -1.96. The Hall–Kier alpha value is -2.92. The number of carbonyl (C=O) groups is 1. The third-order valence-corrected chi connectivity index (χ3v) is 5.28. The molecule has 2 aromatic heterocycles. The Morgan fingerprint density at radius 3 is 2.44 bits per heavy atom. The summed E-state index contributed by atoms with van der Waals surface area (Å²) in [5, 5.41) is 2.04. The predicted octanol–water partition coefficient (Wildman–Crippen LogP) is 5.64. The molecule has 0 radical (unpaired) electrons. The summed E-state index contributed by atoms with van der Waals surface area (Å²) < 4.78 is 7.60. The molecule has 0 saturated carbocycles. The quantitative estimate of drug-likeness (QED) is 0.409. The normalized spacial score (nSPS) is 11.0. The first-order chi connectivity index (χ1) is 13.2. The Morgan fingerprint density at radius 2 is 1.78 bits per heavy atom. The van der Waals surface area contributed by atoms with E-state index in [0.29, 0.717) is 12.3 Å². The van der Waals surface area contributed by atoms with Crippen molar-refractivity contribution in [2.24, 2.45) is 0 Å². The predicted molar refractivity (Wildman–Crippen MR) is 110 cm³/mol. The van der Waals surface area contributed by atoms with Crippen LogP contribution in [0.15, 0.2) is 53.9 Å². The van der Waals surface area contributed by atoms with Crippen molar-refractivity contribution in [2.75, 3.05) is 6.61 Å². The molecule has 0 unspecified atom stereocenters. The van der Waals surface area contributed by atoms with Gasteiger partial charge in [-0.1, -0.05) is 36.8 Å². The standard InChI is InChI=1S/C22H20N2O2S/c1-3-12-26-18-10-8-16(9-11-18)20-14-27-22-23-21(19(13-25)24(20)22)17-6-4-15(2)5-7-17/h4-11,13-14H,3,12H2,1-2H3. The van der Waals surface area contributed by atoms with Gasteiger partial charge < -0.3 is 4.74 Å². The molecule has 0 saturated heterocycles. The monoisotopic (exact) mass is 376 g/mol. The van der Waals surface area contributed by atoms with E-state index in [1.165, 1.54) is 16.9 Å². The lowest BCUT2D eigenvalue weighted by Gasteiger charge is -2.06. The van der Waals surface area contributed by atoms with Crippen molar-refractivity contribution in [3.05, 3.63) is 65.2 Å². The van der Waals surface area contributed by atoms with E-state index in [1.54, 1.807) is 0 Å². The lowest BCUT2D eigenvalue weighted by molar-refractivity contribution is 0.111. The van der Waals surface area contributed by atoms with E-state index < -0.39 is 0 Å². The summed E-state index contributed by atoms with van der Waals surface area (Å²) in [7, 11) is 0. The number of aromatic nitrogens is 2. The molecular weight excluding hydrogens is 356 g/mol. The third-order valence-electron chi connectivity index (χ3n) is 4.46. The second-order valence-electron chi connectivity index (χ2n) is 6.44. The van der Waals surface area contributed by atoms with Crippen molar-refractivity contribution in [3.8, 4) is 28.3 Å². The zero-order chi connectivity index (χ0) is 18.8. The van der Waals surface area contributed by atoms with Crippen molar-refractivity contribution in [3.63, 3.8) is 0 Å². The molecule has 2 heterocycles. The fourth-order valence-electron chi connectivity index (χ4n) is 3.06. The first kappa shape index (κ1) is 17.5. The van der Waals surface area contributed by atoms with Gasteiger partial charge in [0.1, 0.15) is 17.1 Å². The van der Waals surface area contributed by atoms with E-state index in [-0.39, 0.29) is 0 Å². The number of thiazole rings is 1. The minimum Gasteiger partial charge on any atom is -0.494 e. The molecule has 2 aromatic carbocycles. The second kappa shape index (κ2) is 7.37. The van der Waals surface area contributed by atoms with Crippen molar-refractivity contribution < 1.29 is 9.53 Å². The minimum atomic E-state index is 0.580. The number of aryl methyl sites for hydroxylation is 1.